The van der Waals surface area contributed by atoms with Gasteiger partial charge in [-0.05, 0) is 78.8 Å². The summed E-state index contributed by atoms with van der Waals surface area (Å²) in [6.45, 7) is 8.38. The van der Waals surface area contributed by atoms with Crippen molar-refractivity contribution in [3.05, 3.63) is 118 Å². The molecule has 13 heteroatoms. The van der Waals surface area contributed by atoms with E-state index in [2.05, 4.69) is 22.1 Å². The molecule has 3 aliphatic heterocycles. The molecule has 1 unspecified atom stereocenters. The van der Waals surface area contributed by atoms with E-state index in [4.69, 9.17) is 14.2 Å². The zero-order valence-electron chi connectivity index (χ0n) is 30.0. The normalized spacial score (nSPS) is 17.5. The lowest BCUT2D eigenvalue weighted by Crippen LogP contribution is -2.51. The average Bonchev–Trinajstić information content (AvgIpc) is 3.42. The molecule has 2 N–H and O–H groups in total. The molecule has 2 saturated heterocycles. The molecule has 284 valence electrons. The van der Waals surface area contributed by atoms with Crippen LogP contribution in [0.1, 0.15) is 63.9 Å². The first-order valence-corrected chi connectivity index (χ1v) is 18.2. The van der Waals surface area contributed by atoms with Gasteiger partial charge in [0.15, 0.2) is 0 Å². The first-order valence-electron chi connectivity index (χ1n) is 18.2. The van der Waals surface area contributed by atoms with Gasteiger partial charge in [0.05, 0.1) is 62.9 Å². The molecule has 3 aromatic carbocycles. The highest BCUT2D eigenvalue weighted by Gasteiger charge is 2.45. The van der Waals surface area contributed by atoms with E-state index in [1.54, 1.807) is 36.4 Å². The molecule has 0 spiro atoms. The molecule has 0 aromatic heterocycles. The fourth-order valence-corrected chi connectivity index (χ4v) is 6.92. The number of fused-ring (bicyclic) bond motifs is 1. The van der Waals surface area contributed by atoms with Crippen LogP contribution in [-0.2, 0) is 23.8 Å². The van der Waals surface area contributed by atoms with Crippen LogP contribution in [0.5, 0.6) is 0 Å². The second-order valence-corrected chi connectivity index (χ2v) is 13.3. The zero-order chi connectivity index (χ0) is 38.0. The fourth-order valence-electron chi connectivity index (χ4n) is 6.92. The van der Waals surface area contributed by atoms with Gasteiger partial charge in [-0.2, -0.15) is 0 Å². The van der Waals surface area contributed by atoms with E-state index >= 15 is 0 Å². The van der Waals surface area contributed by atoms with Gasteiger partial charge in [-0.25, -0.2) is 8.78 Å². The minimum Gasteiger partial charge on any atom is -0.379 e. The van der Waals surface area contributed by atoms with Crippen LogP contribution in [0, 0.1) is 11.6 Å². The van der Waals surface area contributed by atoms with Gasteiger partial charge in [0, 0.05) is 25.3 Å². The number of carbonyl (C=O) groups is 4. The number of allylic oxidation sites excluding steroid dienone is 1. The second-order valence-electron chi connectivity index (χ2n) is 13.3. The maximum absolute atomic E-state index is 13.6. The van der Waals surface area contributed by atoms with Crippen molar-refractivity contribution in [2.24, 2.45) is 0 Å². The number of nitrogens with zero attached hydrogens (tertiary/aromatic N) is 2. The third-order valence-corrected chi connectivity index (χ3v) is 9.70. The van der Waals surface area contributed by atoms with Crippen LogP contribution in [0.2, 0.25) is 0 Å². The number of hydrogen-bond donors (Lipinski definition) is 2. The highest BCUT2D eigenvalue weighted by molar-refractivity contribution is 6.25. The van der Waals surface area contributed by atoms with Crippen molar-refractivity contribution < 1.29 is 42.2 Å². The summed E-state index contributed by atoms with van der Waals surface area (Å²) in [5.41, 5.74) is 5.11. The Kier molecular flexibility index (Phi) is 13.1. The minimum absolute atomic E-state index is 0.0271. The van der Waals surface area contributed by atoms with Crippen molar-refractivity contribution in [3.63, 3.8) is 0 Å². The quantitative estimate of drug-likeness (QED) is 0.149. The summed E-state index contributed by atoms with van der Waals surface area (Å²) in [5, 5.41) is 5.31. The summed E-state index contributed by atoms with van der Waals surface area (Å²) in [4.78, 5) is 54.8. The molecule has 2 fully saturated rings. The first kappa shape index (κ1) is 38.6. The molecule has 3 aliphatic rings. The smallest absolute Gasteiger partial charge is 0.264 e. The van der Waals surface area contributed by atoms with Gasteiger partial charge in [-0.3, -0.25) is 24.1 Å². The predicted octanol–water partition coefficient (Wildman–Crippen LogP) is 5.33. The van der Waals surface area contributed by atoms with Gasteiger partial charge in [0.1, 0.15) is 17.7 Å². The van der Waals surface area contributed by atoms with E-state index in [-0.39, 0.29) is 60.4 Å². The highest BCUT2D eigenvalue weighted by Crippen LogP contribution is 2.34. The predicted molar refractivity (Wildman–Crippen MR) is 197 cm³/mol. The maximum atomic E-state index is 13.6. The van der Waals surface area contributed by atoms with Crippen molar-refractivity contribution >= 4 is 34.9 Å². The van der Waals surface area contributed by atoms with Crippen molar-refractivity contribution in [1.29, 1.82) is 0 Å². The summed E-state index contributed by atoms with van der Waals surface area (Å²) in [7, 11) is 0. The SMILES string of the molecule is C=C1CCC(N2C(=O)c3cccc(NC(=O)CCOCCOCCOCCN4CCC(=C(c5ccc(F)cc5)c5ccc(F)cc5)CC4)c3C2=O)C(=O)N1. The van der Waals surface area contributed by atoms with Crippen LogP contribution in [0.25, 0.3) is 5.57 Å². The van der Waals surface area contributed by atoms with Crippen molar-refractivity contribution in [1.82, 2.24) is 15.1 Å². The Balaban J connectivity index is 0.837. The molecule has 54 heavy (non-hydrogen) atoms. The molecule has 11 nitrogen and oxygen atoms in total. The Hall–Kier alpha value is -5.08. The van der Waals surface area contributed by atoms with Crippen LogP contribution in [0.15, 0.2) is 84.6 Å². The van der Waals surface area contributed by atoms with Crippen LogP contribution in [-0.4, -0.2) is 98.7 Å². The number of likely N-dealkylation sites (tertiary alicyclic amines) is 1. The van der Waals surface area contributed by atoms with Crippen molar-refractivity contribution in [2.75, 3.05) is 64.6 Å². The summed E-state index contributed by atoms with van der Waals surface area (Å²) < 4.78 is 44.2. The molecule has 0 saturated carbocycles. The number of piperidine rings is 2. The van der Waals surface area contributed by atoms with Crippen LogP contribution < -0.4 is 10.6 Å². The number of rotatable bonds is 16. The van der Waals surface area contributed by atoms with E-state index in [9.17, 15) is 28.0 Å². The summed E-state index contributed by atoms with van der Waals surface area (Å²) in [5.74, 6) is -2.62. The third-order valence-electron chi connectivity index (χ3n) is 9.70. The lowest BCUT2D eigenvalue weighted by molar-refractivity contribution is -0.125. The number of nitrogens with one attached hydrogen (secondary N) is 2. The van der Waals surface area contributed by atoms with E-state index in [0.29, 0.717) is 38.5 Å². The van der Waals surface area contributed by atoms with Crippen LogP contribution in [0.3, 0.4) is 0 Å². The standard InChI is InChI=1S/C41H44F2N4O7/c1-27-5-14-35(39(49)44-27)47-40(50)33-3-2-4-34(38(33)41(47)51)45-36(48)17-21-52-23-25-54-26-24-53-22-20-46-18-15-30(16-19-46)37(28-6-10-31(42)11-7-28)29-8-12-32(43)13-9-29/h2-4,6-13,35H,1,5,14-26H2,(H,44,49)(H,45,48). The van der Waals surface area contributed by atoms with E-state index in [0.717, 1.165) is 54.1 Å². The van der Waals surface area contributed by atoms with Crippen molar-refractivity contribution in [3.8, 4) is 0 Å². The van der Waals surface area contributed by atoms with Gasteiger partial charge >= 0.3 is 0 Å². The number of benzene rings is 3. The molecular formula is C41H44F2N4O7. The van der Waals surface area contributed by atoms with Gasteiger partial charge < -0.3 is 29.7 Å². The number of anilines is 1. The number of amides is 4. The average molecular weight is 743 g/mol. The van der Waals surface area contributed by atoms with Gasteiger partial charge in [-0.1, -0.05) is 42.5 Å². The van der Waals surface area contributed by atoms with Gasteiger partial charge in [0.2, 0.25) is 11.8 Å². The van der Waals surface area contributed by atoms with Crippen LogP contribution in [0.4, 0.5) is 14.5 Å². The summed E-state index contributed by atoms with van der Waals surface area (Å²) in [6, 6.07) is 16.6. The summed E-state index contributed by atoms with van der Waals surface area (Å²) in [6.07, 6.45) is 2.47. The first-order chi connectivity index (χ1) is 26.2. The molecule has 3 aromatic rings. The van der Waals surface area contributed by atoms with Crippen LogP contribution >= 0.6 is 0 Å². The Morgan fingerprint density at radius 1 is 0.778 bits per heavy atom. The summed E-state index contributed by atoms with van der Waals surface area (Å²) >= 11 is 0. The van der Waals surface area contributed by atoms with E-state index < -0.39 is 23.8 Å². The fraction of sp³-hybridized carbons (Fsp3) is 0.366. The Labute approximate surface area is 312 Å². The molecular weight excluding hydrogens is 698 g/mol. The maximum Gasteiger partial charge on any atom is 0.264 e. The molecule has 0 bridgehead atoms. The third kappa shape index (κ3) is 9.52. The van der Waals surface area contributed by atoms with Gasteiger partial charge in [-0.15, -0.1) is 0 Å². The Bertz CT molecular complexity index is 1840. The van der Waals surface area contributed by atoms with Gasteiger partial charge in [0.25, 0.3) is 11.8 Å². The topological polar surface area (TPSA) is 127 Å². The van der Waals surface area contributed by atoms with E-state index in [1.807, 2.05) is 0 Å². The number of carbonyl (C=O) groups excluding carboxylic acids is 4. The Morgan fingerprint density at radius 2 is 1.37 bits per heavy atom. The highest BCUT2D eigenvalue weighted by atomic mass is 19.1. The van der Waals surface area contributed by atoms with Crippen molar-refractivity contribution in [2.45, 2.75) is 38.1 Å². The lowest BCUT2D eigenvalue weighted by atomic mass is 9.88. The molecule has 4 amide bonds. The van der Waals surface area contributed by atoms with E-state index in [1.165, 1.54) is 35.9 Å². The zero-order valence-corrected chi connectivity index (χ0v) is 30.0. The molecule has 6 rings (SSSR count). The number of imide groups is 1. The number of hydrogen-bond acceptors (Lipinski definition) is 8. The lowest BCUT2D eigenvalue weighted by Gasteiger charge is -2.30. The molecule has 1 atom stereocenters. The monoisotopic (exact) mass is 742 g/mol. The molecule has 3 heterocycles. The minimum atomic E-state index is -0.937. The number of halogens is 2. The largest absolute Gasteiger partial charge is 0.379 e. The Morgan fingerprint density at radius 3 is 1.98 bits per heavy atom. The number of ether oxygens (including phenoxy) is 3. The molecule has 0 radical (unpaired) electrons. The molecule has 0 aliphatic carbocycles. The second kappa shape index (κ2) is 18.3.